The Kier molecular flexibility index (Phi) is 12.1. The van der Waals surface area contributed by atoms with E-state index in [9.17, 15) is 4.79 Å². The molecular weight excluding hydrogens is 332 g/mol. The molecule has 0 spiro atoms. The van der Waals surface area contributed by atoms with Gasteiger partial charge < -0.3 is 4.74 Å². The van der Waals surface area contributed by atoms with Gasteiger partial charge in [-0.1, -0.05) is 116 Å². The molecule has 0 radical (unpaired) electrons. The molecule has 2 nitrogen and oxygen atoms in total. The van der Waals surface area contributed by atoms with E-state index in [1.807, 2.05) is 12.1 Å². The molecule has 0 fully saturated rings. The summed E-state index contributed by atoms with van der Waals surface area (Å²) in [5.41, 5.74) is 2.48. The molecular formula is C25H42O2. The Morgan fingerprint density at radius 1 is 0.852 bits per heavy atom. The number of esters is 1. The molecule has 0 amide bonds. The van der Waals surface area contributed by atoms with E-state index in [1.54, 1.807) is 0 Å². The van der Waals surface area contributed by atoms with Crippen molar-refractivity contribution >= 4 is 5.97 Å². The highest BCUT2D eigenvalue weighted by atomic mass is 16.5. The van der Waals surface area contributed by atoms with E-state index in [0.29, 0.717) is 13.0 Å². The lowest BCUT2D eigenvalue weighted by molar-refractivity contribution is -0.145. The molecule has 0 aliphatic heterocycles. The Morgan fingerprint density at radius 2 is 1.41 bits per heavy atom. The van der Waals surface area contributed by atoms with Crippen LogP contribution in [0.3, 0.4) is 0 Å². The minimum atomic E-state index is -0.0629. The van der Waals surface area contributed by atoms with Gasteiger partial charge >= 0.3 is 5.97 Å². The molecule has 1 aromatic rings. The Labute approximate surface area is 168 Å². The van der Waals surface area contributed by atoms with Crippen LogP contribution in [0.25, 0.3) is 0 Å². The zero-order chi connectivity index (χ0) is 20.0. The first-order chi connectivity index (χ1) is 12.9. The van der Waals surface area contributed by atoms with Crippen molar-refractivity contribution in [3.05, 3.63) is 35.4 Å². The summed E-state index contributed by atoms with van der Waals surface area (Å²) in [6.07, 6.45) is 14.8. The topological polar surface area (TPSA) is 26.3 Å². The van der Waals surface area contributed by atoms with Gasteiger partial charge in [0.15, 0.2) is 0 Å². The van der Waals surface area contributed by atoms with Gasteiger partial charge in [0, 0.05) is 6.42 Å². The minimum absolute atomic E-state index is 0.0629. The average molecular weight is 375 g/mol. The van der Waals surface area contributed by atoms with E-state index >= 15 is 0 Å². The predicted molar refractivity (Wildman–Crippen MR) is 116 cm³/mol. The number of hydrogen-bond donors (Lipinski definition) is 0. The maximum absolute atomic E-state index is 11.9. The van der Waals surface area contributed by atoms with Crippen LogP contribution in [0.4, 0.5) is 0 Å². The van der Waals surface area contributed by atoms with Gasteiger partial charge in [-0.2, -0.15) is 0 Å². The van der Waals surface area contributed by atoms with Gasteiger partial charge in [-0.15, -0.1) is 0 Å². The fraction of sp³-hybridized carbons (Fsp3) is 0.720. The van der Waals surface area contributed by atoms with Crippen LogP contribution in [-0.2, 0) is 21.6 Å². The largest absolute Gasteiger partial charge is 0.461 e. The number of unbranched alkanes of at least 4 members (excludes halogenated alkanes) is 10. The normalized spacial score (nSPS) is 11.6. The van der Waals surface area contributed by atoms with Crippen molar-refractivity contribution in [2.75, 3.05) is 0 Å². The molecule has 27 heavy (non-hydrogen) atoms. The van der Waals surface area contributed by atoms with Crippen LogP contribution in [0.15, 0.2) is 24.3 Å². The lowest BCUT2D eigenvalue weighted by Crippen LogP contribution is -2.11. The summed E-state index contributed by atoms with van der Waals surface area (Å²) in [7, 11) is 0. The van der Waals surface area contributed by atoms with E-state index < -0.39 is 0 Å². The molecule has 0 saturated heterocycles. The zero-order valence-electron chi connectivity index (χ0n) is 18.3. The quantitative estimate of drug-likeness (QED) is 0.246. The van der Waals surface area contributed by atoms with Gasteiger partial charge in [0.2, 0.25) is 0 Å². The third-order valence-electron chi connectivity index (χ3n) is 5.18. The van der Waals surface area contributed by atoms with Crippen molar-refractivity contribution in [1.29, 1.82) is 0 Å². The number of benzene rings is 1. The molecule has 154 valence electrons. The molecule has 0 heterocycles. The number of carbonyl (C=O) groups excluding carboxylic acids is 1. The summed E-state index contributed by atoms with van der Waals surface area (Å²) >= 11 is 0. The molecule has 0 saturated carbocycles. The second kappa shape index (κ2) is 13.8. The highest BCUT2D eigenvalue weighted by Gasteiger charge is 2.13. The van der Waals surface area contributed by atoms with Gasteiger partial charge in [0.05, 0.1) is 0 Å². The molecule has 0 unspecified atom stereocenters. The monoisotopic (exact) mass is 374 g/mol. The second-order valence-corrected chi connectivity index (χ2v) is 8.90. The van der Waals surface area contributed by atoms with E-state index in [-0.39, 0.29) is 11.4 Å². The predicted octanol–water partition coefficient (Wildman–Crippen LogP) is 7.73. The standard InChI is InChI=1S/C25H42O2/c1-5-6-7-8-9-10-11-12-13-14-15-19-24(26)27-21-22-17-16-18-23(20-22)25(2,3)4/h16-18,20H,5-15,19,21H2,1-4H3. The number of carbonyl (C=O) groups is 1. The maximum Gasteiger partial charge on any atom is 0.306 e. The van der Waals surface area contributed by atoms with Gasteiger partial charge in [0.1, 0.15) is 6.61 Å². The second-order valence-electron chi connectivity index (χ2n) is 8.90. The lowest BCUT2D eigenvalue weighted by atomic mass is 9.86. The Hall–Kier alpha value is -1.31. The molecule has 0 aliphatic carbocycles. The fourth-order valence-corrected chi connectivity index (χ4v) is 3.30. The van der Waals surface area contributed by atoms with Crippen LogP contribution in [0.1, 0.15) is 116 Å². The van der Waals surface area contributed by atoms with Crippen molar-refractivity contribution in [2.24, 2.45) is 0 Å². The van der Waals surface area contributed by atoms with Crippen LogP contribution in [-0.4, -0.2) is 5.97 Å². The molecule has 0 N–H and O–H groups in total. The minimum Gasteiger partial charge on any atom is -0.461 e. The molecule has 0 aliphatic rings. The summed E-state index contributed by atoms with van der Waals surface area (Å²) in [5.74, 6) is -0.0629. The van der Waals surface area contributed by atoms with Crippen LogP contribution in [0.2, 0.25) is 0 Å². The van der Waals surface area contributed by atoms with Crippen molar-refractivity contribution in [3.63, 3.8) is 0 Å². The molecule has 0 bridgehead atoms. The Bertz CT molecular complexity index is 513. The fourth-order valence-electron chi connectivity index (χ4n) is 3.30. The summed E-state index contributed by atoms with van der Waals surface area (Å²) in [6, 6.07) is 8.37. The molecule has 1 rings (SSSR count). The van der Waals surface area contributed by atoms with Crippen LogP contribution in [0.5, 0.6) is 0 Å². The summed E-state index contributed by atoms with van der Waals surface area (Å²) in [4.78, 5) is 11.9. The first-order valence-corrected chi connectivity index (χ1v) is 11.2. The number of ether oxygens (including phenoxy) is 1. The molecule has 0 atom stereocenters. The number of rotatable bonds is 14. The number of hydrogen-bond acceptors (Lipinski definition) is 2. The zero-order valence-corrected chi connectivity index (χ0v) is 18.3. The van der Waals surface area contributed by atoms with Crippen molar-refractivity contribution in [3.8, 4) is 0 Å². The maximum atomic E-state index is 11.9. The van der Waals surface area contributed by atoms with Gasteiger partial charge in [-0.05, 0) is 23.0 Å². The van der Waals surface area contributed by atoms with E-state index in [0.717, 1.165) is 18.4 Å². The van der Waals surface area contributed by atoms with Crippen LogP contribution >= 0.6 is 0 Å². The van der Waals surface area contributed by atoms with Crippen molar-refractivity contribution in [2.45, 2.75) is 117 Å². The van der Waals surface area contributed by atoms with E-state index in [1.165, 1.54) is 63.4 Å². The Balaban J connectivity index is 2.03. The third kappa shape index (κ3) is 11.9. The van der Waals surface area contributed by atoms with E-state index in [2.05, 4.69) is 39.8 Å². The first-order valence-electron chi connectivity index (χ1n) is 11.2. The highest BCUT2D eigenvalue weighted by Crippen LogP contribution is 2.23. The smallest absolute Gasteiger partial charge is 0.306 e. The van der Waals surface area contributed by atoms with Gasteiger partial charge in [-0.3, -0.25) is 4.79 Å². The molecule has 0 aromatic heterocycles. The summed E-state index contributed by atoms with van der Waals surface area (Å²) in [6.45, 7) is 9.25. The third-order valence-corrected chi connectivity index (χ3v) is 5.18. The average Bonchev–Trinajstić information content (AvgIpc) is 2.64. The molecule has 2 heteroatoms. The van der Waals surface area contributed by atoms with Crippen molar-refractivity contribution in [1.82, 2.24) is 0 Å². The first kappa shape index (κ1) is 23.7. The van der Waals surface area contributed by atoms with E-state index in [4.69, 9.17) is 4.74 Å². The molecule has 1 aromatic carbocycles. The van der Waals surface area contributed by atoms with Gasteiger partial charge in [0.25, 0.3) is 0 Å². The SMILES string of the molecule is CCCCCCCCCCCCCC(=O)OCc1cccc(C(C)(C)C)c1. The van der Waals surface area contributed by atoms with Crippen molar-refractivity contribution < 1.29 is 9.53 Å². The van der Waals surface area contributed by atoms with Gasteiger partial charge in [-0.25, -0.2) is 0 Å². The summed E-state index contributed by atoms with van der Waals surface area (Å²) in [5, 5.41) is 0. The summed E-state index contributed by atoms with van der Waals surface area (Å²) < 4.78 is 5.45. The lowest BCUT2D eigenvalue weighted by Gasteiger charge is -2.19. The van der Waals surface area contributed by atoms with Crippen LogP contribution < -0.4 is 0 Å². The Morgan fingerprint density at radius 3 is 1.96 bits per heavy atom. The van der Waals surface area contributed by atoms with Crippen LogP contribution in [0, 0.1) is 0 Å². The highest BCUT2D eigenvalue weighted by molar-refractivity contribution is 5.69.